The van der Waals surface area contributed by atoms with Crippen LogP contribution in [0.3, 0.4) is 0 Å². The number of nitrogens with zero attached hydrogens (tertiary/aromatic N) is 1. The molecule has 0 atom stereocenters. The molecule has 0 bridgehead atoms. The molecule has 2 aliphatic rings. The lowest BCUT2D eigenvalue weighted by atomic mass is 9.78. The van der Waals surface area contributed by atoms with Crippen molar-refractivity contribution in [3.8, 4) is 11.5 Å². The number of ether oxygens (including phenoxy) is 2. The van der Waals surface area contributed by atoms with E-state index in [-0.39, 0.29) is 5.91 Å². The number of nitrogens with one attached hydrogen (secondary N) is 1. The van der Waals surface area contributed by atoms with Gasteiger partial charge in [-0.1, -0.05) is 0 Å². The molecule has 1 aromatic carbocycles. The fourth-order valence-corrected chi connectivity index (χ4v) is 3.54. The Bertz CT molecular complexity index is 514. The normalized spacial score (nSPS) is 19.8. The van der Waals surface area contributed by atoms with Crippen molar-refractivity contribution < 1.29 is 14.3 Å². The second-order valence-electron chi connectivity index (χ2n) is 6.58. The molecule has 5 nitrogen and oxygen atoms in total. The van der Waals surface area contributed by atoms with Gasteiger partial charge in [0.25, 0.3) is 0 Å². The van der Waals surface area contributed by atoms with Crippen molar-refractivity contribution in [2.75, 3.05) is 39.9 Å². The molecule has 1 amide bonds. The largest absolute Gasteiger partial charge is 0.497 e. The summed E-state index contributed by atoms with van der Waals surface area (Å²) < 4.78 is 10.8. The van der Waals surface area contributed by atoms with E-state index in [0.29, 0.717) is 18.4 Å². The third-order valence-electron chi connectivity index (χ3n) is 5.15. The quantitative estimate of drug-likeness (QED) is 0.903. The molecule has 0 saturated carbocycles. The summed E-state index contributed by atoms with van der Waals surface area (Å²) in [5, 5.41) is 3.46. The van der Waals surface area contributed by atoms with Crippen LogP contribution in [-0.4, -0.2) is 50.7 Å². The number of methoxy groups -OCH3 is 1. The van der Waals surface area contributed by atoms with Crippen LogP contribution in [0.2, 0.25) is 0 Å². The number of carbonyl (C=O) groups is 1. The van der Waals surface area contributed by atoms with Gasteiger partial charge in [0.1, 0.15) is 11.5 Å². The first-order valence-electron chi connectivity index (χ1n) is 8.46. The Morgan fingerprint density at radius 1 is 1.17 bits per heavy atom. The second kappa shape index (κ2) is 7.21. The molecule has 0 radical (unpaired) electrons. The van der Waals surface area contributed by atoms with E-state index in [9.17, 15) is 4.79 Å². The van der Waals surface area contributed by atoms with E-state index in [1.54, 1.807) is 7.11 Å². The van der Waals surface area contributed by atoms with E-state index in [0.717, 1.165) is 50.5 Å². The summed E-state index contributed by atoms with van der Waals surface area (Å²) in [5.41, 5.74) is 0.455. The molecule has 23 heavy (non-hydrogen) atoms. The first-order valence-corrected chi connectivity index (χ1v) is 8.46. The van der Waals surface area contributed by atoms with Crippen LogP contribution in [0, 0.1) is 5.41 Å². The molecular weight excluding hydrogens is 292 g/mol. The number of likely N-dealkylation sites (tertiary alicyclic amines) is 1. The highest BCUT2D eigenvalue weighted by Gasteiger charge is 2.37. The van der Waals surface area contributed by atoms with Crippen molar-refractivity contribution >= 4 is 5.91 Å². The first kappa shape index (κ1) is 16.1. The van der Waals surface area contributed by atoms with E-state index in [4.69, 9.17) is 9.47 Å². The summed E-state index contributed by atoms with van der Waals surface area (Å²) in [6, 6.07) is 7.44. The Hall–Kier alpha value is -1.75. The minimum Gasteiger partial charge on any atom is -0.497 e. The number of hydrogen-bond acceptors (Lipinski definition) is 4. The van der Waals surface area contributed by atoms with Crippen molar-refractivity contribution in [2.45, 2.75) is 25.7 Å². The molecule has 2 aliphatic heterocycles. The maximum atomic E-state index is 12.3. The number of carbonyl (C=O) groups excluding carboxylic acids is 1. The number of rotatable bonds is 5. The fourth-order valence-electron chi connectivity index (χ4n) is 3.54. The molecule has 3 rings (SSSR count). The van der Waals surface area contributed by atoms with Gasteiger partial charge >= 0.3 is 0 Å². The van der Waals surface area contributed by atoms with Crippen LogP contribution >= 0.6 is 0 Å². The number of amides is 1. The van der Waals surface area contributed by atoms with Gasteiger partial charge in [-0.15, -0.1) is 0 Å². The van der Waals surface area contributed by atoms with Gasteiger partial charge in [0.2, 0.25) is 5.91 Å². The average Bonchev–Trinajstić information content (AvgIpc) is 3.04. The molecule has 0 aromatic heterocycles. The Morgan fingerprint density at radius 2 is 1.87 bits per heavy atom. The summed E-state index contributed by atoms with van der Waals surface area (Å²) in [6.45, 7) is 4.46. The average molecular weight is 318 g/mol. The Labute approximate surface area is 137 Å². The molecule has 1 spiro atoms. The van der Waals surface area contributed by atoms with Crippen LogP contribution in [0.5, 0.6) is 11.5 Å². The van der Waals surface area contributed by atoms with Gasteiger partial charge in [-0.25, -0.2) is 0 Å². The predicted octanol–water partition coefficient (Wildman–Crippen LogP) is 2.07. The van der Waals surface area contributed by atoms with Gasteiger partial charge in [0.15, 0.2) is 0 Å². The molecule has 1 aromatic rings. The van der Waals surface area contributed by atoms with Crippen LogP contribution < -0.4 is 14.8 Å². The smallest absolute Gasteiger partial charge is 0.225 e. The van der Waals surface area contributed by atoms with Crippen LogP contribution in [0.25, 0.3) is 0 Å². The second-order valence-corrected chi connectivity index (χ2v) is 6.58. The molecule has 2 saturated heterocycles. The monoisotopic (exact) mass is 318 g/mol. The maximum Gasteiger partial charge on any atom is 0.225 e. The topological polar surface area (TPSA) is 50.8 Å². The lowest BCUT2D eigenvalue weighted by Gasteiger charge is -2.38. The van der Waals surface area contributed by atoms with Crippen LogP contribution in [-0.2, 0) is 4.79 Å². The molecule has 1 N–H and O–H groups in total. The van der Waals surface area contributed by atoms with E-state index in [1.807, 2.05) is 29.2 Å². The minimum atomic E-state index is 0.208. The van der Waals surface area contributed by atoms with Crippen molar-refractivity contribution in [2.24, 2.45) is 5.41 Å². The molecule has 0 unspecified atom stereocenters. The zero-order valence-electron chi connectivity index (χ0n) is 13.8. The highest BCUT2D eigenvalue weighted by atomic mass is 16.5. The standard InChI is InChI=1S/C18H26N2O3/c1-22-15-2-4-16(5-3-15)23-13-6-17(21)20-11-8-18(9-12-20)7-10-19-14-18/h2-5,19H,6-14H2,1H3. The SMILES string of the molecule is COc1ccc(OCCC(=O)N2CCC3(CCNC3)CC2)cc1. The van der Waals surface area contributed by atoms with Crippen molar-refractivity contribution in [3.05, 3.63) is 24.3 Å². The van der Waals surface area contributed by atoms with E-state index in [1.165, 1.54) is 6.42 Å². The van der Waals surface area contributed by atoms with Crippen molar-refractivity contribution in [3.63, 3.8) is 0 Å². The highest BCUT2D eigenvalue weighted by Crippen LogP contribution is 2.36. The summed E-state index contributed by atoms with van der Waals surface area (Å²) in [4.78, 5) is 14.3. The lowest BCUT2D eigenvalue weighted by molar-refractivity contribution is -0.133. The predicted molar refractivity (Wildman–Crippen MR) is 88.8 cm³/mol. The lowest BCUT2D eigenvalue weighted by Crippen LogP contribution is -2.44. The van der Waals surface area contributed by atoms with Gasteiger partial charge < -0.3 is 19.7 Å². The third kappa shape index (κ3) is 3.96. The molecule has 2 fully saturated rings. The molecule has 126 valence electrons. The van der Waals surface area contributed by atoms with E-state index < -0.39 is 0 Å². The summed E-state index contributed by atoms with van der Waals surface area (Å²) in [7, 11) is 1.64. The van der Waals surface area contributed by atoms with Gasteiger partial charge in [-0.05, 0) is 55.5 Å². The van der Waals surface area contributed by atoms with Gasteiger partial charge in [-0.2, -0.15) is 0 Å². The maximum absolute atomic E-state index is 12.3. The van der Waals surface area contributed by atoms with E-state index in [2.05, 4.69) is 5.32 Å². The fraction of sp³-hybridized carbons (Fsp3) is 0.611. The van der Waals surface area contributed by atoms with Gasteiger partial charge in [-0.3, -0.25) is 4.79 Å². The van der Waals surface area contributed by atoms with Crippen LogP contribution in [0.15, 0.2) is 24.3 Å². The molecular formula is C18H26N2O3. The zero-order chi connectivity index (χ0) is 16.1. The first-order chi connectivity index (χ1) is 11.2. The molecule has 5 heteroatoms. The van der Waals surface area contributed by atoms with Crippen LogP contribution in [0.4, 0.5) is 0 Å². The number of benzene rings is 1. The van der Waals surface area contributed by atoms with Crippen molar-refractivity contribution in [1.82, 2.24) is 10.2 Å². The van der Waals surface area contributed by atoms with Crippen LogP contribution in [0.1, 0.15) is 25.7 Å². The van der Waals surface area contributed by atoms with Crippen molar-refractivity contribution in [1.29, 1.82) is 0 Å². The number of piperidine rings is 1. The van der Waals surface area contributed by atoms with E-state index >= 15 is 0 Å². The molecule has 0 aliphatic carbocycles. The Morgan fingerprint density at radius 3 is 2.48 bits per heavy atom. The third-order valence-corrected chi connectivity index (χ3v) is 5.15. The molecule has 2 heterocycles. The Balaban J connectivity index is 1.39. The summed E-state index contributed by atoms with van der Waals surface area (Å²) >= 11 is 0. The minimum absolute atomic E-state index is 0.208. The Kier molecular flexibility index (Phi) is 5.06. The summed E-state index contributed by atoms with van der Waals surface area (Å²) in [5.74, 6) is 1.78. The zero-order valence-corrected chi connectivity index (χ0v) is 13.8. The van der Waals surface area contributed by atoms with Gasteiger partial charge in [0.05, 0.1) is 20.1 Å². The van der Waals surface area contributed by atoms with Gasteiger partial charge in [0, 0.05) is 19.6 Å². The highest BCUT2D eigenvalue weighted by molar-refractivity contribution is 5.76. The summed E-state index contributed by atoms with van der Waals surface area (Å²) in [6.07, 6.45) is 3.96. The number of hydrogen-bond donors (Lipinski definition) is 1.